The molecule has 0 aromatic carbocycles. The van der Waals surface area contributed by atoms with E-state index in [1.54, 1.807) is 4.90 Å². The molecule has 1 saturated heterocycles. The predicted molar refractivity (Wildman–Crippen MR) is 40.8 cm³/mol. The molecular formula is C7H6NNaO3S. The van der Waals surface area contributed by atoms with Crippen LogP contribution in [0.25, 0.3) is 0 Å². The number of fused-ring (bicyclic) bond motifs is 1. The van der Waals surface area contributed by atoms with Crippen molar-refractivity contribution in [3.05, 3.63) is 12.3 Å². The van der Waals surface area contributed by atoms with Gasteiger partial charge in [0.05, 0.1) is 23.0 Å². The zero-order valence-corrected chi connectivity index (χ0v) is 9.91. The number of carbonyl (C=O) groups excluding carboxylic acids is 2. The third-order valence-corrected chi connectivity index (χ3v) is 3.26. The Hall–Kier alpha value is 0.0300. The van der Waals surface area contributed by atoms with E-state index >= 15 is 0 Å². The first-order valence-corrected chi connectivity index (χ1v) is 4.48. The number of carbonyl (C=O) groups is 2. The van der Waals surface area contributed by atoms with Crippen LogP contribution in [0.5, 0.6) is 0 Å². The quantitative estimate of drug-likeness (QED) is 0.324. The van der Waals surface area contributed by atoms with Gasteiger partial charge in [-0.15, -0.1) is 11.8 Å². The summed E-state index contributed by atoms with van der Waals surface area (Å²) in [7, 11) is 0. The fraction of sp³-hybridized carbons (Fsp3) is 0.429. The summed E-state index contributed by atoms with van der Waals surface area (Å²) in [5, 5.41) is 9.85. The Morgan fingerprint density at radius 1 is 1.69 bits per heavy atom. The van der Waals surface area contributed by atoms with Crippen molar-refractivity contribution in [3.63, 3.8) is 0 Å². The smallest absolute Gasteiger partial charge is 0.549 e. The maximum atomic E-state index is 10.8. The summed E-state index contributed by atoms with van der Waals surface area (Å²) in [6, 6.07) is 0. The van der Waals surface area contributed by atoms with Crippen molar-refractivity contribution in [2.24, 2.45) is 0 Å². The first-order chi connectivity index (χ1) is 5.68. The SMILES string of the molecule is O=C([O-])C1C=CN2C(=O)C[C@H]2S1.[Na+]. The molecular weight excluding hydrogens is 201 g/mol. The number of thioether (sulfide) groups is 1. The summed E-state index contributed by atoms with van der Waals surface area (Å²) in [6.07, 6.45) is 3.46. The van der Waals surface area contributed by atoms with Crippen LogP contribution in [-0.2, 0) is 9.59 Å². The van der Waals surface area contributed by atoms with Crippen molar-refractivity contribution in [3.8, 4) is 0 Å². The van der Waals surface area contributed by atoms with Crippen molar-refractivity contribution >= 4 is 23.6 Å². The van der Waals surface area contributed by atoms with Crippen LogP contribution in [0.3, 0.4) is 0 Å². The van der Waals surface area contributed by atoms with Gasteiger partial charge in [0.1, 0.15) is 0 Å². The molecule has 2 aliphatic rings. The Morgan fingerprint density at radius 2 is 2.38 bits per heavy atom. The van der Waals surface area contributed by atoms with E-state index < -0.39 is 11.2 Å². The van der Waals surface area contributed by atoms with Crippen LogP contribution in [0.2, 0.25) is 0 Å². The van der Waals surface area contributed by atoms with Crippen LogP contribution in [0, 0.1) is 0 Å². The number of carboxylic acids is 1. The molecule has 0 saturated carbocycles. The van der Waals surface area contributed by atoms with Crippen molar-refractivity contribution in [1.29, 1.82) is 0 Å². The van der Waals surface area contributed by atoms with Crippen molar-refractivity contribution in [1.82, 2.24) is 4.90 Å². The minimum Gasteiger partial charge on any atom is -0.549 e. The summed E-state index contributed by atoms with van der Waals surface area (Å²) < 4.78 is 0. The van der Waals surface area contributed by atoms with E-state index in [0.29, 0.717) is 6.42 Å². The van der Waals surface area contributed by atoms with E-state index in [9.17, 15) is 14.7 Å². The number of amides is 1. The molecule has 1 amide bonds. The maximum Gasteiger partial charge on any atom is 1.00 e. The number of hydrogen-bond donors (Lipinski definition) is 0. The molecule has 2 atom stereocenters. The van der Waals surface area contributed by atoms with Crippen LogP contribution in [0.15, 0.2) is 12.3 Å². The van der Waals surface area contributed by atoms with Crippen molar-refractivity contribution < 1.29 is 44.3 Å². The monoisotopic (exact) mass is 207 g/mol. The van der Waals surface area contributed by atoms with Gasteiger partial charge in [0.15, 0.2) is 0 Å². The molecule has 1 unspecified atom stereocenters. The first-order valence-electron chi connectivity index (χ1n) is 3.54. The van der Waals surface area contributed by atoms with Crippen LogP contribution in [0.4, 0.5) is 0 Å². The largest absolute Gasteiger partial charge is 1.00 e. The van der Waals surface area contributed by atoms with Gasteiger partial charge in [0.25, 0.3) is 0 Å². The molecule has 0 N–H and O–H groups in total. The summed E-state index contributed by atoms with van der Waals surface area (Å²) >= 11 is 1.25. The van der Waals surface area contributed by atoms with E-state index in [4.69, 9.17) is 0 Å². The summed E-state index contributed by atoms with van der Waals surface area (Å²) in [5.74, 6) is -1.03. The Balaban J connectivity index is 0.000000845. The zero-order valence-electron chi connectivity index (χ0n) is 7.10. The Labute approximate surface area is 102 Å². The van der Waals surface area contributed by atoms with Crippen LogP contribution in [0.1, 0.15) is 6.42 Å². The summed E-state index contributed by atoms with van der Waals surface area (Å²) in [4.78, 5) is 22.8. The second-order valence-electron chi connectivity index (χ2n) is 2.68. The molecule has 0 radical (unpaired) electrons. The minimum absolute atomic E-state index is 0. The maximum absolute atomic E-state index is 10.8. The Kier molecular flexibility index (Phi) is 3.45. The van der Waals surface area contributed by atoms with Crippen LogP contribution >= 0.6 is 11.8 Å². The van der Waals surface area contributed by atoms with Gasteiger partial charge in [-0.3, -0.25) is 4.79 Å². The number of β-lactam (4-membered cyclic amide) rings is 1. The fourth-order valence-electron chi connectivity index (χ4n) is 1.21. The van der Waals surface area contributed by atoms with Gasteiger partial charge in [-0.05, 0) is 6.08 Å². The number of hydrogen-bond acceptors (Lipinski definition) is 4. The summed E-state index contributed by atoms with van der Waals surface area (Å²) in [5.41, 5.74) is 0. The van der Waals surface area contributed by atoms with E-state index in [1.807, 2.05) is 0 Å². The van der Waals surface area contributed by atoms with Gasteiger partial charge in [-0.25, -0.2) is 0 Å². The van der Waals surface area contributed by atoms with Crippen LogP contribution < -0.4 is 34.7 Å². The predicted octanol–water partition coefficient (Wildman–Crippen LogP) is -4.07. The van der Waals surface area contributed by atoms with E-state index in [-0.39, 0.29) is 40.8 Å². The number of rotatable bonds is 1. The average molecular weight is 207 g/mol. The molecule has 1 fully saturated rings. The van der Waals surface area contributed by atoms with Crippen molar-refractivity contribution in [2.75, 3.05) is 0 Å². The Bertz CT molecular complexity index is 281. The van der Waals surface area contributed by atoms with Gasteiger partial charge in [-0.1, -0.05) is 0 Å². The second-order valence-corrected chi connectivity index (χ2v) is 4.00. The standard InChI is InChI=1S/C7H7NO3S.Na/c9-5-3-6-8(5)2-1-4(12-6)7(10)11;/h1-2,4,6H,3H2,(H,10,11);/q;+1/p-1/t4?,6-;/m1./s1. The Morgan fingerprint density at radius 3 is 2.85 bits per heavy atom. The summed E-state index contributed by atoms with van der Waals surface area (Å²) in [6.45, 7) is 0. The molecule has 64 valence electrons. The molecule has 2 rings (SSSR count). The average Bonchev–Trinajstić information content (AvgIpc) is 2.01. The normalized spacial score (nSPS) is 30.2. The van der Waals surface area contributed by atoms with E-state index in [0.717, 1.165) is 0 Å². The molecule has 6 heteroatoms. The fourth-order valence-corrected chi connectivity index (χ4v) is 2.38. The first kappa shape index (κ1) is 11.1. The molecule has 2 heterocycles. The van der Waals surface area contributed by atoms with Gasteiger partial charge in [0, 0.05) is 6.20 Å². The minimum atomic E-state index is -1.09. The molecule has 13 heavy (non-hydrogen) atoms. The molecule has 0 spiro atoms. The number of nitrogens with zero attached hydrogens (tertiary/aromatic N) is 1. The number of carboxylic acid groups (broad SMARTS) is 1. The second kappa shape index (κ2) is 4.04. The van der Waals surface area contributed by atoms with Gasteiger partial charge in [0.2, 0.25) is 5.91 Å². The molecule has 2 aliphatic heterocycles. The third kappa shape index (κ3) is 1.93. The molecule has 0 aliphatic carbocycles. The molecule has 0 bridgehead atoms. The zero-order chi connectivity index (χ0) is 8.72. The van der Waals surface area contributed by atoms with E-state index in [2.05, 4.69) is 0 Å². The molecule has 4 nitrogen and oxygen atoms in total. The van der Waals surface area contributed by atoms with E-state index in [1.165, 1.54) is 24.0 Å². The third-order valence-electron chi connectivity index (χ3n) is 1.90. The topological polar surface area (TPSA) is 60.4 Å². The number of aliphatic carboxylic acids is 1. The van der Waals surface area contributed by atoms with Gasteiger partial charge in [-0.2, -0.15) is 0 Å². The van der Waals surface area contributed by atoms with Crippen LogP contribution in [-0.4, -0.2) is 27.4 Å². The molecule has 0 aromatic rings. The molecule has 0 aromatic heterocycles. The van der Waals surface area contributed by atoms with Gasteiger partial charge >= 0.3 is 29.6 Å². The van der Waals surface area contributed by atoms with Gasteiger partial charge < -0.3 is 14.8 Å². The van der Waals surface area contributed by atoms with Crippen molar-refractivity contribution in [2.45, 2.75) is 17.0 Å².